The first-order valence-electron chi connectivity index (χ1n) is 8.43. The Hall–Kier alpha value is -3.16. The Morgan fingerprint density at radius 1 is 1.15 bits per heavy atom. The smallest absolute Gasteiger partial charge is 0.232 e. The van der Waals surface area contributed by atoms with Gasteiger partial charge in [0.15, 0.2) is 5.76 Å². The molecule has 0 radical (unpaired) electrons. The molecule has 0 bridgehead atoms. The maximum Gasteiger partial charge on any atom is 0.232 e. The van der Waals surface area contributed by atoms with E-state index in [0.717, 1.165) is 12.8 Å². The van der Waals surface area contributed by atoms with E-state index in [0.29, 0.717) is 35.7 Å². The summed E-state index contributed by atoms with van der Waals surface area (Å²) in [7, 11) is 0. The Morgan fingerprint density at radius 3 is 2.73 bits per heavy atom. The zero-order valence-corrected chi connectivity index (χ0v) is 14.2. The lowest BCUT2D eigenvalue weighted by atomic mass is 9.78. The van der Waals surface area contributed by atoms with Crippen LogP contribution in [0.25, 0.3) is 11.5 Å². The van der Waals surface area contributed by atoms with Crippen molar-refractivity contribution in [2.24, 2.45) is 0 Å². The van der Waals surface area contributed by atoms with Crippen molar-refractivity contribution >= 4 is 0 Å². The average Bonchev–Trinajstić information content (AvgIpc) is 3.05. The highest BCUT2D eigenvalue weighted by Gasteiger charge is 2.32. The molecular weight excluding hydrogens is 336 g/mol. The van der Waals surface area contributed by atoms with Crippen LogP contribution in [0.5, 0.6) is 17.6 Å². The molecule has 0 spiro atoms. The van der Waals surface area contributed by atoms with Crippen LogP contribution in [-0.2, 0) is 0 Å². The molecule has 0 N–H and O–H groups in total. The normalized spacial score (nSPS) is 19.0. The molecule has 26 heavy (non-hydrogen) atoms. The van der Waals surface area contributed by atoms with E-state index in [1.807, 2.05) is 19.1 Å². The van der Waals surface area contributed by atoms with Gasteiger partial charge in [-0.25, -0.2) is 15.0 Å². The minimum atomic E-state index is -0.439. The molecule has 8 heteroatoms. The summed E-state index contributed by atoms with van der Waals surface area (Å²) in [6.07, 6.45) is 6.71. The number of aromatic nitrogens is 4. The van der Waals surface area contributed by atoms with Gasteiger partial charge in [-0.3, -0.25) is 0 Å². The van der Waals surface area contributed by atoms with E-state index < -0.39 is 5.88 Å². The second-order valence-corrected chi connectivity index (χ2v) is 6.04. The van der Waals surface area contributed by atoms with Gasteiger partial charge in [0, 0.05) is 24.2 Å². The van der Waals surface area contributed by atoms with E-state index in [-0.39, 0.29) is 6.10 Å². The molecule has 8 nitrogen and oxygen atoms in total. The third-order valence-corrected chi connectivity index (χ3v) is 4.27. The van der Waals surface area contributed by atoms with Crippen LogP contribution in [0.2, 0.25) is 0 Å². The molecule has 1 fully saturated rings. The van der Waals surface area contributed by atoms with Crippen LogP contribution in [0.4, 0.5) is 0 Å². The number of rotatable bonds is 6. The molecule has 0 atom stereocenters. The maximum absolute atomic E-state index is 11.0. The largest absolute Gasteiger partial charge is 0.856 e. The van der Waals surface area contributed by atoms with Gasteiger partial charge in [-0.05, 0) is 37.3 Å². The predicted molar refractivity (Wildman–Crippen MR) is 88.8 cm³/mol. The Bertz CT molecular complexity index is 875. The molecule has 0 saturated heterocycles. The van der Waals surface area contributed by atoms with Crippen LogP contribution in [0.15, 0.2) is 41.3 Å². The molecule has 1 aliphatic carbocycles. The summed E-state index contributed by atoms with van der Waals surface area (Å²) in [6.45, 7) is 2.54. The van der Waals surface area contributed by atoms with Gasteiger partial charge in [-0.2, -0.15) is 0 Å². The zero-order chi connectivity index (χ0) is 17.9. The van der Waals surface area contributed by atoms with Gasteiger partial charge in [-0.1, -0.05) is 5.16 Å². The van der Waals surface area contributed by atoms with Crippen molar-refractivity contribution in [2.45, 2.75) is 31.8 Å². The lowest BCUT2D eigenvalue weighted by molar-refractivity contribution is -0.277. The molecule has 3 aromatic rings. The second-order valence-electron chi connectivity index (χ2n) is 6.04. The molecule has 134 valence electrons. The monoisotopic (exact) mass is 353 g/mol. The van der Waals surface area contributed by atoms with Crippen molar-refractivity contribution in [3.05, 3.63) is 42.4 Å². The summed E-state index contributed by atoms with van der Waals surface area (Å²) < 4.78 is 16.2. The van der Waals surface area contributed by atoms with Crippen LogP contribution in [0.1, 0.15) is 31.2 Å². The standard InChI is InChI=1S/C18H18N4O4/c1-2-24-17-7-11(3-4-19-17)12-5-13(6-12)25-18-10-20-14(9-21-18)15-8-16(23)22-26-15/h3-4,7-10,12-13H,2,5-6H2,1H3,(H,22,23)/p-1. The molecule has 0 amide bonds. The first kappa shape index (κ1) is 16.3. The summed E-state index contributed by atoms with van der Waals surface area (Å²) in [4.78, 5) is 12.6. The van der Waals surface area contributed by atoms with E-state index in [2.05, 4.69) is 20.1 Å². The van der Waals surface area contributed by atoms with E-state index in [9.17, 15) is 5.11 Å². The van der Waals surface area contributed by atoms with E-state index in [1.54, 1.807) is 6.20 Å². The Labute approximate surface area is 149 Å². The fourth-order valence-corrected chi connectivity index (χ4v) is 2.89. The highest BCUT2D eigenvalue weighted by atomic mass is 16.5. The predicted octanol–water partition coefficient (Wildman–Crippen LogP) is 2.32. The third-order valence-electron chi connectivity index (χ3n) is 4.27. The summed E-state index contributed by atoms with van der Waals surface area (Å²) in [5, 5.41) is 14.3. The quantitative estimate of drug-likeness (QED) is 0.664. The first-order chi connectivity index (χ1) is 12.7. The van der Waals surface area contributed by atoms with Gasteiger partial charge in [0.2, 0.25) is 11.8 Å². The lowest BCUT2D eigenvalue weighted by Crippen LogP contribution is -2.32. The van der Waals surface area contributed by atoms with Crippen molar-refractivity contribution < 1.29 is 19.1 Å². The van der Waals surface area contributed by atoms with Gasteiger partial charge in [0.1, 0.15) is 11.8 Å². The van der Waals surface area contributed by atoms with Gasteiger partial charge in [0.05, 0.1) is 19.0 Å². The molecular formula is C18H17N4O4-. The molecule has 4 rings (SSSR count). The molecule has 3 aromatic heterocycles. The summed E-state index contributed by atoms with van der Waals surface area (Å²) in [5.74, 6) is 1.39. The fourth-order valence-electron chi connectivity index (χ4n) is 2.89. The highest BCUT2D eigenvalue weighted by molar-refractivity contribution is 5.51. The molecule has 1 saturated carbocycles. The SMILES string of the molecule is CCOc1cc(C2CC(Oc3cnc(-c4cc([O-])no4)cn3)C2)ccn1. The van der Waals surface area contributed by atoms with Crippen LogP contribution < -0.4 is 14.6 Å². The number of hydrogen-bond donors (Lipinski definition) is 0. The average molecular weight is 353 g/mol. The van der Waals surface area contributed by atoms with Crippen molar-refractivity contribution in [2.75, 3.05) is 6.61 Å². The Kier molecular flexibility index (Phi) is 4.39. The summed E-state index contributed by atoms with van der Waals surface area (Å²) >= 11 is 0. The number of ether oxygens (including phenoxy) is 2. The van der Waals surface area contributed by atoms with Crippen molar-refractivity contribution in [1.82, 2.24) is 20.1 Å². The van der Waals surface area contributed by atoms with Gasteiger partial charge in [0.25, 0.3) is 0 Å². The highest BCUT2D eigenvalue weighted by Crippen LogP contribution is 2.39. The first-order valence-corrected chi connectivity index (χ1v) is 8.43. The van der Waals surface area contributed by atoms with Crippen LogP contribution in [-0.4, -0.2) is 32.8 Å². The minimum absolute atomic E-state index is 0.0994. The van der Waals surface area contributed by atoms with Crippen molar-refractivity contribution in [3.8, 4) is 29.1 Å². The lowest BCUT2D eigenvalue weighted by Gasteiger charge is -2.35. The Morgan fingerprint density at radius 2 is 2.04 bits per heavy atom. The fraction of sp³-hybridized carbons (Fsp3) is 0.333. The van der Waals surface area contributed by atoms with Crippen LogP contribution >= 0.6 is 0 Å². The van der Waals surface area contributed by atoms with Crippen molar-refractivity contribution in [1.29, 1.82) is 0 Å². The third kappa shape index (κ3) is 3.44. The topological polar surface area (TPSA) is 106 Å². The minimum Gasteiger partial charge on any atom is -0.856 e. The van der Waals surface area contributed by atoms with Gasteiger partial charge < -0.3 is 19.1 Å². The number of pyridine rings is 1. The maximum atomic E-state index is 11.0. The van der Waals surface area contributed by atoms with Gasteiger partial charge in [-0.15, -0.1) is 0 Å². The second kappa shape index (κ2) is 6.99. The van der Waals surface area contributed by atoms with E-state index in [4.69, 9.17) is 14.0 Å². The van der Waals surface area contributed by atoms with Gasteiger partial charge >= 0.3 is 0 Å². The summed E-state index contributed by atoms with van der Waals surface area (Å²) in [6, 6.07) is 5.27. The zero-order valence-electron chi connectivity index (χ0n) is 14.2. The number of hydrogen-bond acceptors (Lipinski definition) is 8. The number of nitrogens with zero attached hydrogens (tertiary/aromatic N) is 4. The van der Waals surface area contributed by atoms with Crippen LogP contribution in [0.3, 0.4) is 0 Å². The molecule has 0 aliphatic heterocycles. The molecule has 1 aliphatic rings. The van der Waals surface area contributed by atoms with E-state index in [1.165, 1.54) is 24.0 Å². The van der Waals surface area contributed by atoms with Crippen molar-refractivity contribution in [3.63, 3.8) is 0 Å². The summed E-state index contributed by atoms with van der Waals surface area (Å²) in [5.41, 5.74) is 1.65. The Balaban J connectivity index is 1.33. The molecule has 0 aromatic carbocycles. The molecule has 3 heterocycles. The molecule has 0 unspecified atom stereocenters. The van der Waals surface area contributed by atoms with E-state index >= 15 is 0 Å². The van der Waals surface area contributed by atoms with Crippen LogP contribution in [0, 0.1) is 0 Å².